The van der Waals surface area contributed by atoms with Crippen LogP contribution in [0.3, 0.4) is 0 Å². The van der Waals surface area contributed by atoms with E-state index in [1.807, 2.05) is 48.5 Å². The fraction of sp³-hybridized carbons (Fsp3) is 0.208. The minimum absolute atomic E-state index is 0.0576. The van der Waals surface area contributed by atoms with E-state index in [1.165, 1.54) is 17.7 Å². The predicted molar refractivity (Wildman–Crippen MR) is 123 cm³/mol. The van der Waals surface area contributed by atoms with Crippen molar-refractivity contribution in [3.63, 3.8) is 0 Å². The first-order valence-electron chi connectivity index (χ1n) is 10.3. The van der Waals surface area contributed by atoms with Gasteiger partial charge in [0.15, 0.2) is 0 Å². The molecule has 6 nitrogen and oxygen atoms in total. The quantitative estimate of drug-likeness (QED) is 0.592. The molecule has 3 aromatic carbocycles. The lowest BCUT2D eigenvalue weighted by Gasteiger charge is -2.17. The Bertz CT molecular complexity index is 1190. The number of amides is 1. The van der Waals surface area contributed by atoms with Gasteiger partial charge in [-0.2, -0.15) is 0 Å². The first kappa shape index (κ1) is 21.1. The average Bonchev–Trinajstić information content (AvgIpc) is 3.21. The molecule has 1 amide bonds. The van der Waals surface area contributed by atoms with E-state index in [4.69, 9.17) is 0 Å². The number of anilines is 2. The molecule has 1 aliphatic rings. The van der Waals surface area contributed by atoms with Gasteiger partial charge in [0.2, 0.25) is 10.0 Å². The molecule has 2 N–H and O–H groups in total. The fourth-order valence-corrected chi connectivity index (χ4v) is 4.78. The summed E-state index contributed by atoms with van der Waals surface area (Å²) in [5.41, 5.74) is 4.26. The lowest BCUT2D eigenvalue weighted by atomic mass is 10.1. The number of carbonyl (C=O) groups is 1. The van der Waals surface area contributed by atoms with Crippen LogP contribution in [0.2, 0.25) is 0 Å². The van der Waals surface area contributed by atoms with Crippen LogP contribution in [-0.2, 0) is 23.0 Å². The Hall–Kier alpha value is -3.16. The average molecular weight is 436 g/mol. The Balaban J connectivity index is 1.48. The lowest BCUT2D eigenvalue weighted by molar-refractivity contribution is 0.102. The van der Waals surface area contributed by atoms with Gasteiger partial charge in [-0.25, -0.2) is 13.1 Å². The van der Waals surface area contributed by atoms with E-state index < -0.39 is 10.0 Å². The molecule has 0 saturated heterocycles. The maximum atomic E-state index is 12.8. The molecular weight excluding hydrogens is 410 g/mol. The Morgan fingerprint density at radius 3 is 2.58 bits per heavy atom. The van der Waals surface area contributed by atoms with Gasteiger partial charge in [0.25, 0.3) is 5.91 Å². The Morgan fingerprint density at radius 1 is 1.00 bits per heavy atom. The van der Waals surface area contributed by atoms with Crippen molar-refractivity contribution in [1.29, 1.82) is 0 Å². The number of carbonyl (C=O) groups excluding carboxylic acids is 1. The summed E-state index contributed by atoms with van der Waals surface area (Å²) < 4.78 is 28.0. The first-order chi connectivity index (χ1) is 15.0. The van der Waals surface area contributed by atoms with Gasteiger partial charge in [0.1, 0.15) is 0 Å². The van der Waals surface area contributed by atoms with E-state index in [1.54, 1.807) is 12.1 Å². The highest BCUT2D eigenvalue weighted by Crippen LogP contribution is 2.30. The Labute approximate surface area is 183 Å². The summed E-state index contributed by atoms with van der Waals surface area (Å²) in [5.74, 6) is -0.346. The van der Waals surface area contributed by atoms with E-state index in [9.17, 15) is 13.2 Å². The molecule has 0 spiro atoms. The van der Waals surface area contributed by atoms with Crippen LogP contribution < -0.4 is 14.9 Å². The molecule has 31 heavy (non-hydrogen) atoms. The summed E-state index contributed by atoms with van der Waals surface area (Å²) >= 11 is 0. The number of benzene rings is 3. The molecule has 0 saturated carbocycles. The van der Waals surface area contributed by atoms with E-state index >= 15 is 0 Å². The number of fused-ring (bicyclic) bond motifs is 1. The predicted octanol–water partition coefficient (Wildman–Crippen LogP) is 3.80. The summed E-state index contributed by atoms with van der Waals surface area (Å²) in [6, 6.07) is 21.3. The monoisotopic (exact) mass is 435 g/mol. The molecule has 1 aliphatic heterocycles. The number of hydrogen-bond donors (Lipinski definition) is 2. The highest BCUT2D eigenvalue weighted by atomic mass is 32.2. The molecule has 7 heteroatoms. The molecule has 3 aromatic rings. The Kier molecular flexibility index (Phi) is 6.06. The molecule has 0 bridgehead atoms. The van der Waals surface area contributed by atoms with Gasteiger partial charge in [-0.1, -0.05) is 42.5 Å². The zero-order valence-corrected chi connectivity index (χ0v) is 18.2. The zero-order chi connectivity index (χ0) is 21.8. The van der Waals surface area contributed by atoms with Crippen molar-refractivity contribution >= 4 is 27.3 Å². The second-order valence-electron chi connectivity index (χ2n) is 7.47. The summed E-state index contributed by atoms with van der Waals surface area (Å²) in [5, 5.41) is 2.89. The molecule has 0 aliphatic carbocycles. The summed E-state index contributed by atoms with van der Waals surface area (Å²) in [4.78, 5) is 15.1. The van der Waals surface area contributed by atoms with Crippen LogP contribution in [0.5, 0.6) is 0 Å². The minimum Gasteiger partial charge on any atom is -0.371 e. The molecular formula is C24H25N3O3S. The SMILES string of the molecule is CCN1CCc2ccc(NC(=O)c3cccc(S(=O)(=O)NCc4ccccc4)c3)cc21. The number of nitrogens with one attached hydrogen (secondary N) is 2. The molecule has 0 unspecified atom stereocenters. The zero-order valence-electron chi connectivity index (χ0n) is 17.3. The third kappa shape index (κ3) is 4.78. The summed E-state index contributed by atoms with van der Waals surface area (Å²) in [6.07, 6.45) is 1.01. The van der Waals surface area contributed by atoms with Crippen LogP contribution >= 0.6 is 0 Å². The highest BCUT2D eigenvalue weighted by molar-refractivity contribution is 7.89. The molecule has 160 valence electrons. The van der Waals surface area contributed by atoms with Gasteiger partial charge in [-0.3, -0.25) is 4.79 Å². The molecule has 1 heterocycles. The van der Waals surface area contributed by atoms with Crippen molar-refractivity contribution in [2.45, 2.75) is 24.8 Å². The van der Waals surface area contributed by atoms with Crippen LogP contribution in [0, 0.1) is 0 Å². The number of likely N-dealkylation sites (N-methyl/N-ethyl adjacent to an activating group) is 1. The van der Waals surface area contributed by atoms with Crippen molar-refractivity contribution in [2.24, 2.45) is 0 Å². The Morgan fingerprint density at radius 2 is 1.81 bits per heavy atom. The largest absolute Gasteiger partial charge is 0.371 e. The van der Waals surface area contributed by atoms with Gasteiger partial charge in [-0.15, -0.1) is 0 Å². The van der Waals surface area contributed by atoms with Gasteiger partial charge in [-0.05, 0) is 54.8 Å². The van der Waals surface area contributed by atoms with E-state index in [-0.39, 0.29) is 22.9 Å². The number of nitrogens with zero attached hydrogens (tertiary/aromatic N) is 1. The topological polar surface area (TPSA) is 78.5 Å². The smallest absolute Gasteiger partial charge is 0.255 e. The summed E-state index contributed by atoms with van der Waals surface area (Å²) in [7, 11) is -3.74. The number of hydrogen-bond acceptors (Lipinski definition) is 4. The van der Waals surface area contributed by atoms with Crippen molar-refractivity contribution in [3.8, 4) is 0 Å². The van der Waals surface area contributed by atoms with Gasteiger partial charge in [0.05, 0.1) is 4.90 Å². The second-order valence-corrected chi connectivity index (χ2v) is 9.23. The molecule has 0 aromatic heterocycles. The molecule has 0 fully saturated rings. The first-order valence-corrected chi connectivity index (χ1v) is 11.8. The van der Waals surface area contributed by atoms with E-state index in [2.05, 4.69) is 21.9 Å². The number of sulfonamides is 1. The second kappa shape index (κ2) is 8.91. The van der Waals surface area contributed by atoms with E-state index in [0.717, 1.165) is 30.8 Å². The van der Waals surface area contributed by atoms with Crippen molar-refractivity contribution in [3.05, 3.63) is 89.5 Å². The molecule has 0 radical (unpaired) electrons. The standard InChI is InChI=1S/C24H25N3O3S/c1-2-27-14-13-19-11-12-21(16-23(19)27)26-24(28)20-9-6-10-22(15-20)31(29,30)25-17-18-7-4-3-5-8-18/h3-12,15-16,25H,2,13-14,17H2,1H3,(H,26,28). The fourth-order valence-electron chi connectivity index (χ4n) is 3.72. The highest BCUT2D eigenvalue weighted by Gasteiger charge is 2.19. The molecule has 0 atom stereocenters. The maximum absolute atomic E-state index is 12.8. The van der Waals surface area contributed by atoms with E-state index in [0.29, 0.717) is 5.69 Å². The third-order valence-corrected chi connectivity index (χ3v) is 6.83. The van der Waals surface area contributed by atoms with Gasteiger partial charge in [0, 0.05) is 36.6 Å². The lowest BCUT2D eigenvalue weighted by Crippen LogP contribution is -2.23. The normalized spacial score (nSPS) is 13.1. The van der Waals surface area contributed by atoms with Crippen molar-refractivity contribution in [1.82, 2.24) is 4.72 Å². The van der Waals surface area contributed by atoms with Crippen LogP contribution in [-0.4, -0.2) is 27.4 Å². The third-order valence-electron chi connectivity index (χ3n) is 5.43. The van der Waals surface area contributed by atoms with Crippen LogP contribution in [0.1, 0.15) is 28.4 Å². The minimum atomic E-state index is -3.74. The maximum Gasteiger partial charge on any atom is 0.255 e. The van der Waals surface area contributed by atoms with Crippen LogP contribution in [0.25, 0.3) is 0 Å². The number of rotatable bonds is 7. The van der Waals surface area contributed by atoms with Crippen LogP contribution in [0.4, 0.5) is 11.4 Å². The van der Waals surface area contributed by atoms with Crippen LogP contribution in [0.15, 0.2) is 77.7 Å². The molecule has 4 rings (SSSR count). The van der Waals surface area contributed by atoms with Gasteiger partial charge < -0.3 is 10.2 Å². The van der Waals surface area contributed by atoms with Gasteiger partial charge >= 0.3 is 0 Å². The van der Waals surface area contributed by atoms with Crippen molar-refractivity contribution in [2.75, 3.05) is 23.3 Å². The summed E-state index contributed by atoms with van der Waals surface area (Å²) in [6.45, 7) is 4.19. The van der Waals surface area contributed by atoms with Crippen molar-refractivity contribution < 1.29 is 13.2 Å².